The number of nitrogens with zero attached hydrogens (tertiary/aromatic N) is 3. The van der Waals surface area contributed by atoms with E-state index in [-0.39, 0.29) is 11.2 Å². The number of aromatic nitrogens is 3. The molecule has 5 nitrogen and oxygen atoms in total. The molecule has 2 rings (SSSR count). The summed E-state index contributed by atoms with van der Waals surface area (Å²) in [6, 6.07) is 4.15. The van der Waals surface area contributed by atoms with E-state index < -0.39 is 0 Å². The maximum atomic E-state index is 12.3. The molecule has 1 aromatic carbocycles. The molecule has 1 amide bonds. The van der Waals surface area contributed by atoms with E-state index in [1.54, 1.807) is 10.9 Å². The fourth-order valence-electron chi connectivity index (χ4n) is 2.19. The van der Waals surface area contributed by atoms with Crippen molar-refractivity contribution in [3.63, 3.8) is 0 Å². The van der Waals surface area contributed by atoms with E-state index in [4.69, 9.17) is 0 Å². The number of hydrogen-bond donors (Lipinski definition) is 1. The number of rotatable bonds is 4. The lowest BCUT2D eigenvalue weighted by molar-refractivity contribution is -0.115. The van der Waals surface area contributed by atoms with Crippen molar-refractivity contribution in [1.82, 2.24) is 14.8 Å². The molecule has 1 aromatic heterocycles. The van der Waals surface area contributed by atoms with Crippen LogP contribution in [-0.4, -0.2) is 25.9 Å². The molecule has 0 saturated heterocycles. The molecule has 0 bridgehead atoms. The number of aryl methyl sites for hydroxylation is 4. The Morgan fingerprint density at radius 3 is 2.43 bits per heavy atom. The maximum Gasteiger partial charge on any atom is 0.237 e. The molecule has 0 aliphatic carbocycles. The van der Waals surface area contributed by atoms with Gasteiger partial charge in [-0.15, -0.1) is 10.2 Å². The highest BCUT2D eigenvalue weighted by Crippen LogP contribution is 2.25. The van der Waals surface area contributed by atoms with Crippen molar-refractivity contribution in [2.75, 3.05) is 5.32 Å². The summed E-state index contributed by atoms with van der Waals surface area (Å²) in [5, 5.41) is 11.3. The van der Waals surface area contributed by atoms with Gasteiger partial charge in [-0.3, -0.25) is 4.79 Å². The number of benzene rings is 1. The zero-order valence-corrected chi connectivity index (χ0v) is 13.8. The van der Waals surface area contributed by atoms with Crippen LogP contribution in [-0.2, 0) is 11.8 Å². The molecule has 1 heterocycles. The average Bonchev–Trinajstić information content (AvgIpc) is 2.79. The predicted octanol–water partition coefficient (Wildman–Crippen LogP) is 2.86. The number of carbonyl (C=O) groups excluding carboxylic acids is 1. The third-order valence-corrected chi connectivity index (χ3v) is 4.39. The van der Waals surface area contributed by atoms with Crippen molar-refractivity contribution in [1.29, 1.82) is 0 Å². The Labute approximate surface area is 129 Å². The normalized spacial score (nSPS) is 12.2. The van der Waals surface area contributed by atoms with Gasteiger partial charge in [0.05, 0.1) is 5.25 Å². The van der Waals surface area contributed by atoms with Crippen molar-refractivity contribution >= 4 is 23.4 Å². The summed E-state index contributed by atoms with van der Waals surface area (Å²) in [7, 11) is 1.86. The molecule has 0 radical (unpaired) electrons. The summed E-state index contributed by atoms with van der Waals surface area (Å²) in [6.45, 7) is 7.94. The van der Waals surface area contributed by atoms with Gasteiger partial charge >= 0.3 is 0 Å². The highest BCUT2D eigenvalue weighted by Gasteiger charge is 2.18. The Morgan fingerprint density at radius 1 is 1.29 bits per heavy atom. The Morgan fingerprint density at radius 2 is 1.90 bits per heavy atom. The number of nitrogens with one attached hydrogen (secondary N) is 1. The monoisotopic (exact) mass is 304 g/mol. The number of anilines is 1. The van der Waals surface area contributed by atoms with Gasteiger partial charge < -0.3 is 9.88 Å². The topological polar surface area (TPSA) is 59.8 Å². The number of hydrogen-bond acceptors (Lipinski definition) is 4. The summed E-state index contributed by atoms with van der Waals surface area (Å²) in [5.74, 6) is -0.0296. The summed E-state index contributed by atoms with van der Waals surface area (Å²) in [6.07, 6.45) is 1.63. The second kappa shape index (κ2) is 6.30. The molecule has 0 unspecified atom stereocenters. The first kappa shape index (κ1) is 15.6. The molecule has 1 atom stereocenters. The van der Waals surface area contributed by atoms with E-state index in [9.17, 15) is 4.79 Å². The largest absolute Gasteiger partial charge is 0.325 e. The lowest BCUT2D eigenvalue weighted by atomic mass is 10.1. The van der Waals surface area contributed by atoms with Crippen LogP contribution in [0.4, 0.5) is 5.69 Å². The van der Waals surface area contributed by atoms with Gasteiger partial charge in [0.2, 0.25) is 5.91 Å². The van der Waals surface area contributed by atoms with Crippen molar-refractivity contribution < 1.29 is 4.79 Å². The van der Waals surface area contributed by atoms with Crippen LogP contribution in [0.5, 0.6) is 0 Å². The molecule has 2 aromatic rings. The molecule has 1 N–H and O–H groups in total. The van der Waals surface area contributed by atoms with Gasteiger partial charge in [-0.1, -0.05) is 29.5 Å². The Hall–Kier alpha value is -1.82. The van der Waals surface area contributed by atoms with Crippen LogP contribution < -0.4 is 5.32 Å². The van der Waals surface area contributed by atoms with Gasteiger partial charge in [-0.05, 0) is 38.8 Å². The first-order valence-electron chi connectivity index (χ1n) is 6.78. The number of carbonyl (C=O) groups is 1. The fraction of sp³-hybridized carbons (Fsp3) is 0.400. The van der Waals surface area contributed by atoms with Gasteiger partial charge in [0.25, 0.3) is 0 Å². The van der Waals surface area contributed by atoms with Gasteiger partial charge in [0.15, 0.2) is 5.16 Å². The van der Waals surface area contributed by atoms with Crippen LogP contribution in [0.1, 0.15) is 23.6 Å². The molecule has 0 spiro atoms. The fourth-order valence-corrected chi connectivity index (χ4v) is 2.98. The number of amides is 1. The van der Waals surface area contributed by atoms with Crippen LogP contribution >= 0.6 is 11.8 Å². The molecule has 112 valence electrons. The zero-order valence-electron chi connectivity index (χ0n) is 13.0. The van der Waals surface area contributed by atoms with E-state index in [2.05, 4.69) is 34.6 Å². The minimum atomic E-state index is -0.243. The van der Waals surface area contributed by atoms with E-state index >= 15 is 0 Å². The van der Waals surface area contributed by atoms with Crippen LogP contribution in [0, 0.1) is 20.8 Å². The second-order valence-electron chi connectivity index (χ2n) is 5.25. The average molecular weight is 304 g/mol. The summed E-state index contributed by atoms with van der Waals surface area (Å²) in [5.41, 5.74) is 4.26. The third kappa shape index (κ3) is 3.64. The Kier molecular flexibility index (Phi) is 4.67. The molecule has 21 heavy (non-hydrogen) atoms. The maximum absolute atomic E-state index is 12.3. The summed E-state index contributed by atoms with van der Waals surface area (Å²) < 4.78 is 1.80. The van der Waals surface area contributed by atoms with Crippen molar-refractivity contribution in [2.24, 2.45) is 7.05 Å². The molecule has 0 fully saturated rings. The molecule has 0 aliphatic heterocycles. The standard InChI is InChI=1S/C15H20N4OS/c1-9-6-10(2)13(11(3)7-9)17-14(20)12(4)21-15-18-16-8-19(15)5/h6-8,12H,1-5H3,(H,17,20)/t12-/m0/s1. The second-order valence-corrected chi connectivity index (χ2v) is 6.56. The van der Waals surface area contributed by atoms with E-state index in [1.165, 1.54) is 17.3 Å². The molecule has 0 aliphatic rings. The van der Waals surface area contributed by atoms with Crippen LogP contribution in [0.25, 0.3) is 0 Å². The van der Waals surface area contributed by atoms with Gasteiger partial charge in [-0.2, -0.15) is 0 Å². The lowest BCUT2D eigenvalue weighted by Gasteiger charge is -2.15. The van der Waals surface area contributed by atoms with Gasteiger partial charge in [0.1, 0.15) is 6.33 Å². The number of thioether (sulfide) groups is 1. The first-order valence-corrected chi connectivity index (χ1v) is 7.66. The SMILES string of the molecule is Cc1cc(C)c(NC(=O)[C@H](C)Sc2nncn2C)c(C)c1. The van der Waals surface area contributed by atoms with E-state index in [1.807, 2.05) is 27.8 Å². The first-order chi connectivity index (χ1) is 9.88. The van der Waals surface area contributed by atoms with Crippen LogP contribution in [0.3, 0.4) is 0 Å². The van der Waals surface area contributed by atoms with Crippen molar-refractivity contribution in [3.8, 4) is 0 Å². The smallest absolute Gasteiger partial charge is 0.237 e. The highest BCUT2D eigenvalue weighted by molar-refractivity contribution is 8.00. The Bertz CT molecular complexity index is 642. The highest BCUT2D eigenvalue weighted by atomic mass is 32.2. The minimum Gasteiger partial charge on any atom is -0.325 e. The summed E-state index contributed by atoms with van der Waals surface area (Å²) in [4.78, 5) is 12.3. The van der Waals surface area contributed by atoms with Crippen molar-refractivity contribution in [2.45, 2.75) is 38.1 Å². The quantitative estimate of drug-likeness (QED) is 0.882. The lowest BCUT2D eigenvalue weighted by Crippen LogP contribution is -2.23. The van der Waals surface area contributed by atoms with Crippen LogP contribution in [0.15, 0.2) is 23.6 Å². The van der Waals surface area contributed by atoms with Crippen molar-refractivity contribution in [3.05, 3.63) is 35.2 Å². The van der Waals surface area contributed by atoms with Gasteiger partial charge in [-0.25, -0.2) is 0 Å². The van der Waals surface area contributed by atoms with Crippen LogP contribution in [0.2, 0.25) is 0 Å². The zero-order chi connectivity index (χ0) is 15.6. The third-order valence-electron chi connectivity index (χ3n) is 3.25. The van der Waals surface area contributed by atoms with E-state index in [0.29, 0.717) is 0 Å². The molecule has 0 saturated carbocycles. The van der Waals surface area contributed by atoms with E-state index in [0.717, 1.165) is 22.0 Å². The molecule has 6 heteroatoms. The predicted molar refractivity (Wildman–Crippen MR) is 85.6 cm³/mol. The summed E-state index contributed by atoms with van der Waals surface area (Å²) >= 11 is 1.40. The molecular formula is C15H20N4OS. The minimum absolute atomic E-state index is 0.0296. The molecular weight excluding hydrogens is 284 g/mol. The van der Waals surface area contributed by atoms with Gasteiger partial charge in [0, 0.05) is 12.7 Å². The Balaban J connectivity index is 2.09.